The van der Waals surface area contributed by atoms with E-state index in [1.165, 1.54) is 51.0 Å². The third-order valence-electron chi connectivity index (χ3n) is 4.16. The molecule has 2 aliphatic rings. The van der Waals surface area contributed by atoms with E-state index in [0.29, 0.717) is 0 Å². The lowest BCUT2D eigenvalue weighted by atomic mass is 9.73. The Morgan fingerprint density at radius 3 is 1.24 bits per heavy atom. The summed E-state index contributed by atoms with van der Waals surface area (Å²) in [4.78, 5) is 0. The summed E-state index contributed by atoms with van der Waals surface area (Å²) in [6, 6.07) is 0. The molecule has 2 rings (SSSR count). The van der Waals surface area contributed by atoms with Gasteiger partial charge >= 0.3 is 0 Å². The van der Waals surface area contributed by atoms with Gasteiger partial charge in [-0.2, -0.15) is 0 Å². The molecule has 0 N–H and O–H groups in total. The standard InChI is InChI=1S/C12H22.C4H6O/c1-3-7-11(8-4-1)12-9-5-2-6-10-12;1-3-5-4-2/h11-12H,1-10H2;3-4H,1-2H2. The first kappa shape index (κ1) is 14.3. The van der Waals surface area contributed by atoms with Crippen LogP contribution in [0.25, 0.3) is 0 Å². The summed E-state index contributed by atoms with van der Waals surface area (Å²) in [5.74, 6) is 2.28. The lowest BCUT2D eigenvalue weighted by molar-refractivity contribution is 0.196. The normalized spacial score (nSPS) is 22.1. The predicted molar refractivity (Wildman–Crippen MR) is 74.6 cm³/mol. The van der Waals surface area contributed by atoms with Gasteiger partial charge in [0.2, 0.25) is 0 Å². The fraction of sp³-hybridized carbons (Fsp3) is 0.750. The van der Waals surface area contributed by atoms with E-state index in [-0.39, 0.29) is 0 Å². The van der Waals surface area contributed by atoms with Crippen LogP contribution in [-0.4, -0.2) is 0 Å². The highest BCUT2D eigenvalue weighted by Crippen LogP contribution is 2.37. The maximum Gasteiger partial charge on any atom is 0.0829 e. The quantitative estimate of drug-likeness (QED) is 0.593. The van der Waals surface area contributed by atoms with Gasteiger partial charge in [0.05, 0.1) is 12.5 Å². The Kier molecular flexibility index (Phi) is 7.87. The maximum atomic E-state index is 4.36. The van der Waals surface area contributed by atoms with Crippen molar-refractivity contribution in [3.05, 3.63) is 25.7 Å². The number of hydrogen-bond acceptors (Lipinski definition) is 1. The third kappa shape index (κ3) is 5.95. The molecule has 2 fully saturated rings. The highest BCUT2D eigenvalue weighted by molar-refractivity contribution is 4.76. The molecule has 0 amide bonds. The minimum atomic E-state index is 1.14. The SMILES string of the molecule is C1CCC(C2CCCCC2)CC1.C=COC=C. The van der Waals surface area contributed by atoms with Gasteiger partial charge in [-0.15, -0.1) is 0 Å². The minimum absolute atomic E-state index is 1.14. The van der Waals surface area contributed by atoms with Crippen LogP contribution < -0.4 is 0 Å². The Morgan fingerprint density at radius 2 is 1.00 bits per heavy atom. The van der Waals surface area contributed by atoms with Crippen molar-refractivity contribution in [3.63, 3.8) is 0 Å². The van der Waals surface area contributed by atoms with E-state index in [9.17, 15) is 0 Å². The second-order valence-corrected chi connectivity index (χ2v) is 5.27. The Balaban J connectivity index is 0.000000249. The van der Waals surface area contributed by atoms with Crippen molar-refractivity contribution < 1.29 is 4.74 Å². The van der Waals surface area contributed by atoms with Crippen LogP contribution in [-0.2, 0) is 4.74 Å². The molecule has 1 nitrogen and oxygen atoms in total. The van der Waals surface area contributed by atoms with Crippen molar-refractivity contribution in [1.82, 2.24) is 0 Å². The summed E-state index contributed by atoms with van der Waals surface area (Å²) >= 11 is 0. The molecular weight excluding hydrogens is 208 g/mol. The summed E-state index contributed by atoms with van der Waals surface area (Å²) in [6.45, 7) is 6.51. The number of ether oxygens (including phenoxy) is 1. The van der Waals surface area contributed by atoms with E-state index in [4.69, 9.17) is 0 Å². The van der Waals surface area contributed by atoms with Crippen LogP contribution >= 0.6 is 0 Å². The molecule has 0 radical (unpaired) electrons. The van der Waals surface area contributed by atoms with Crippen molar-refractivity contribution in [2.24, 2.45) is 11.8 Å². The molecule has 2 saturated carbocycles. The molecule has 0 aromatic rings. The minimum Gasteiger partial charge on any atom is -0.474 e. The maximum absolute atomic E-state index is 4.36. The van der Waals surface area contributed by atoms with Crippen LogP contribution in [0, 0.1) is 11.8 Å². The molecule has 0 aliphatic heterocycles. The average Bonchev–Trinajstić information content (AvgIpc) is 2.42. The topological polar surface area (TPSA) is 9.23 Å². The second-order valence-electron chi connectivity index (χ2n) is 5.27. The van der Waals surface area contributed by atoms with Crippen molar-refractivity contribution >= 4 is 0 Å². The Labute approximate surface area is 107 Å². The number of hydrogen-bond donors (Lipinski definition) is 0. The Morgan fingerprint density at radius 1 is 0.647 bits per heavy atom. The van der Waals surface area contributed by atoms with Gasteiger partial charge in [0.15, 0.2) is 0 Å². The molecule has 98 valence electrons. The van der Waals surface area contributed by atoms with Crippen LogP contribution in [0.4, 0.5) is 0 Å². The van der Waals surface area contributed by atoms with Gasteiger partial charge in [0, 0.05) is 0 Å². The first-order valence-corrected chi connectivity index (χ1v) is 7.25. The zero-order valence-electron chi connectivity index (χ0n) is 11.2. The van der Waals surface area contributed by atoms with E-state index in [0.717, 1.165) is 11.8 Å². The van der Waals surface area contributed by atoms with Gasteiger partial charge in [-0.3, -0.25) is 0 Å². The highest BCUT2D eigenvalue weighted by Gasteiger charge is 2.24. The fourth-order valence-electron chi connectivity index (χ4n) is 3.28. The smallest absolute Gasteiger partial charge is 0.0829 e. The zero-order valence-corrected chi connectivity index (χ0v) is 11.2. The summed E-state index contributed by atoms with van der Waals surface area (Å²) < 4.78 is 4.36. The average molecular weight is 236 g/mol. The van der Waals surface area contributed by atoms with Gasteiger partial charge in [-0.1, -0.05) is 77.4 Å². The molecule has 0 aromatic heterocycles. The lowest BCUT2D eigenvalue weighted by Crippen LogP contribution is -2.20. The summed E-state index contributed by atoms with van der Waals surface area (Å²) in [6.07, 6.45) is 18.0. The Bertz CT molecular complexity index is 176. The van der Waals surface area contributed by atoms with Crippen molar-refractivity contribution in [2.45, 2.75) is 64.2 Å². The monoisotopic (exact) mass is 236 g/mol. The van der Waals surface area contributed by atoms with Crippen LogP contribution in [0.15, 0.2) is 25.7 Å². The second kappa shape index (κ2) is 9.32. The van der Waals surface area contributed by atoms with E-state index in [2.05, 4.69) is 17.9 Å². The molecule has 0 bridgehead atoms. The van der Waals surface area contributed by atoms with Gasteiger partial charge in [0.25, 0.3) is 0 Å². The van der Waals surface area contributed by atoms with E-state index in [1.807, 2.05) is 0 Å². The van der Waals surface area contributed by atoms with Crippen LogP contribution in [0.5, 0.6) is 0 Å². The molecule has 0 atom stereocenters. The van der Waals surface area contributed by atoms with E-state index >= 15 is 0 Å². The first-order valence-electron chi connectivity index (χ1n) is 7.25. The van der Waals surface area contributed by atoms with E-state index < -0.39 is 0 Å². The van der Waals surface area contributed by atoms with Gasteiger partial charge in [0.1, 0.15) is 0 Å². The van der Waals surface area contributed by atoms with Crippen LogP contribution in [0.2, 0.25) is 0 Å². The van der Waals surface area contributed by atoms with Crippen molar-refractivity contribution in [1.29, 1.82) is 0 Å². The highest BCUT2D eigenvalue weighted by atomic mass is 16.5. The first-order chi connectivity index (χ1) is 8.38. The molecular formula is C16H28O. The summed E-state index contributed by atoms with van der Waals surface area (Å²) in [5, 5.41) is 0. The van der Waals surface area contributed by atoms with Gasteiger partial charge in [-0.05, 0) is 11.8 Å². The molecule has 2 aliphatic carbocycles. The molecule has 0 aromatic carbocycles. The zero-order chi connectivity index (χ0) is 12.3. The summed E-state index contributed by atoms with van der Waals surface area (Å²) in [5.41, 5.74) is 0. The fourth-order valence-corrected chi connectivity index (χ4v) is 3.28. The van der Waals surface area contributed by atoms with Gasteiger partial charge < -0.3 is 4.74 Å². The third-order valence-corrected chi connectivity index (χ3v) is 4.16. The summed E-state index contributed by atoms with van der Waals surface area (Å²) in [7, 11) is 0. The lowest BCUT2D eigenvalue weighted by Gasteiger charge is -2.32. The van der Waals surface area contributed by atoms with Crippen molar-refractivity contribution in [2.75, 3.05) is 0 Å². The Hall–Kier alpha value is -0.720. The molecule has 0 spiro atoms. The van der Waals surface area contributed by atoms with Crippen LogP contribution in [0.3, 0.4) is 0 Å². The molecule has 1 heteroatoms. The van der Waals surface area contributed by atoms with Crippen molar-refractivity contribution in [3.8, 4) is 0 Å². The molecule has 0 unspecified atom stereocenters. The number of rotatable bonds is 3. The van der Waals surface area contributed by atoms with E-state index in [1.54, 1.807) is 25.7 Å². The largest absolute Gasteiger partial charge is 0.474 e. The molecule has 17 heavy (non-hydrogen) atoms. The van der Waals surface area contributed by atoms with Crippen LogP contribution in [0.1, 0.15) is 64.2 Å². The predicted octanol–water partition coefficient (Wildman–Crippen LogP) is 5.44. The molecule has 0 saturated heterocycles. The molecule has 0 heterocycles. The van der Waals surface area contributed by atoms with Gasteiger partial charge in [-0.25, -0.2) is 0 Å².